The van der Waals surface area contributed by atoms with Crippen LogP contribution in [0.4, 0.5) is 0 Å². The largest absolute Gasteiger partial charge is 0.502 e. The Morgan fingerprint density at radius 3 is 1.13 bits per heavy atom. The molecular weight excluding hydrogens is 588 g/mol. The first kappa shape index (κ1) is 33.5. The van der Waals surface area contributed by atoms with Gasteiger partial charge in [0.2, 0.25) is 23.3 Å². The zero-order chi connectivity index (χ0) is 33.1. The molecule has 0 aromatic heterocycles. The van der Waals surface area contributed by atoms with Gasteiger partial charge in [0.05, 0.1) is 40.3 Å². The van der Waals surface area contributed by atoms with Crippen LogP contribution in [0.15, 0.2) is 84.9 Å². The van der Waals surface area contributed by atoms with Crippen LogP contribution in [0.3, 0.4) is 0 Å². The molecule has 10 heteroatoms. The third-order valence-electron chi connectivity index (χ3n) is 7.77. The zero-order valence-corrected chi connectivity index (χ0v) is 26.4. The number of phenolic OH excluding ortho intramolecular Hbond substituents is 2. The van der Waals surface area contributed by atoms with E-state index in [1.165, 1.54) is 28.4 Å². The zero-order valence-electron chi connectivity index (χ0n) is 26.4. The molecule has 10 nitrogen and oxygen atoms in total. The van der Waals surface area contributed by atoms with Gasteiger partial charge in [-0.2, -0.15) is 0 Å². The normalized spacial score (nSPS) is 12.0. The SMILES string of the molecule is COc1cc(C[C@H](C(=O)NCc2ccccc2)[C@@H](Cc2cc(OC)c(O)c(OC)c2)C(=O)NCc2ccccc2)cc(OC)c1O. The molecule has 0 saturated heterocycles. The van der Waals surface area contributed by atoms with Crippen molar-refractivity contribution in [3.63, 3.8) is 0 Å². The molecule has 0 heterocycles. The molecule has 242 valence electrons. The number of hydrogen-bond donors (Lipinski definition) is 4. The van der Waals surface area contributed by atoms with Crippen molar-refractivity contribution in [1.82, 2.24) is 10.6 Å². The van der Waals surface area contributed by atoms with Crippen LogP contribution in [0, 0.1) is 11.8 Å². The Morgan fingerprint density at radius 2 is 0.848 bits per heavy atom. The van der Waals surface area contributed by atoms with E-state index in [0.717, 1.165) is 11.1 Å². The first-order valence-electron chi connectivity index (χ1n) is 14.8. The van der Waals surface area contributed by atoms with Gasteiger partial charge in [0.25, 0.3) is 0 Å². The van der Waals surface area contributed by atoms with Gasteiger partial charge in [0.15, 0.2) is 23.0 Å². The van der Waals surface area contributed by atoms with Crippen molar-refractivity contribution in [3.05, 3.63) is 107 Å². The first-order valence-corrected chi connectivity index (χ1v) is 14.8. The van der Waals surface area contributed by atoms with Crippen LogP contribution in [0.1, 0.15) is 22.3 Å². The molecule has 0 bridgehead atoms. The molecule has 0 fully saturated rings. The summed E-state index contributed by atoms with van der Waals surface area (Å²) >= 11 is 0. The summed E-state index contributed by atoms with van der Waals surface area (Å²) in [5.74, 6) is -2.08. The predicted molar refractivity (Wildman–Crippen MR) is 173 cm³/mol. The van der Waals surface area contributed by atoms with Crippen molar-refractivity contribution in [2.24, 2.45) is 11.8 Å². The lowest BCUT2D eigenvalue weighted by Crippen LogP contribution is -2.44. The minimum absolute atomic E-state index is 0.114. The fourth-order valence-corrected chi connectivity index (χ4v) is 5.31. The topological polar surface area (TPSA) is 136 Å². The van der Waals surface area contributed by atoms with E-state index in [9.17, 15) is 19.8 Å². The van der Waals surface area contributed by atoms with Crippen LogP contribution in [-0.4, -0.2) is 50.5 Å². The maximum atomic E-state index is 14.1. The molecule has 4 aromatic carbocycles. The standard InChI is InChI=1S/C36H40N2O8/c1-43-29-17-25(18-30(44-2)33(29)39)15-27(35(41)37-21-23-11-7-5-8-12-23)28(36(42)38-22-24-13-9-6-10-14-24)16-26-19-31(45-3)34(40)32(20-26)46-4/h5-14,17-20,27-28,39-40H,15-16,21-22H2,1-4H3,(H,37,41)(H,38,42)/t27-,28+. The number of aromatic hydroxyl groups is 2. The van der Waals surface area contributed by atoms with Gasteiger partial charge in [-0.05, 0) is 59.4 Å². The maximum absolute atomic E-state index is 14.1. The number of nitrogens with one attached hydrogen (secondary N) is 2. The fraction of sp³-hybridized carbons (Fsp3) is 0.278. The van der Waals surface area contributed by atoms with E-state index in [1.807, 2.05) is 60.7 Å². The van der Waals surface area contributed by atoms with Crippen LogP contribution in [0.5, 0.6) is 34.5 Å². The molecule has 4 N–H and O–H groups in total. The number of amides is 2. The summed E-state index contributed by atoms with van der Waals surface area (Å²) in [6, 6.07) is 25.5. The highest BCUT2D eigenvalue weighted by molar-refractivity contribution is 5.88. The number of carbonyl (C=O) groups excluding carboxylic acids is 2. The number of ether oxygens (including phenoxy) is 4. The smallest absolute Gasteiger partial charge is 0.224 e. The predicted octanol–water partition coefficient (Wildman–Crippen LogP) is 4.78. The average molecular weight is 629 g/mol. The number of hydrogen-bond acceptors (Lipinski definition) is 8. The van der Waals surface area contributed by atoms with Crippen LogP contribution in [0.2, 0.25) is 0 Å². The molecule has 4 aromatic rings. The van der Waals surface area contributed by atoms with Crippen molar-refractivity contribution in [2.75, 3.05) is 28.4 Å². The Morgan fingerprint density at radius 1 is 0.543 bits per heavy atom. The molecule has 0 unspecified atom stereocenters. The van der Waals surface area contributed by atoms with Gasteiger partial charge in [0.1, 0.15) is 0 Å². The lowest BCUT2D eigenvalue weighted by Gasteiger charge is -2.27. The van der Waals surface area contributed by atoms with Crippen molar-refractivity contribution in [1.29, 1.82) is 0 Å². The van der Waals surface area contributed by atoms with Gasteiger partial charge in [0, 0.05) is 13.1 Å². The Labute approximate surface area is 268 Å². The molecule has 46 heavy (non-hydrogen) atoms. The van der Waals surface area contributed by atoms with Gasteiger partial charge in [-0.25, -0.2) is 0 Å². The second kappa shape index (κ2) is 16.1. The van der Waals surface area contributed by atoms with Crippen LogP contribution in [0.25, 0.3) is 0 Å². The van der Waals surface area contributed by atoms with Crippen molar-refractivity contribution in [3.8, 4) is 34.5 Å². The van der Waals surface area contributed by atoms with Gasteiger partial charge in [-0.15, -0.1) is 0 Å². The van der Waals surface area contributed by atoms with Crippen molar-refractivity contribution in [2.45, 2.75) is 25.9 Å². The Kier molecular flexibility index (Phi) is 11.7. The minimum atomic E-state index is -0.885. The van der Waals surface area contributed by atoms with E-state index >= 15 is 0 Å². The van der Waals surface area contributed by atoms with E-state index in [-0.39, 0.29) is 72.2 Å². The summed E-state index contributed by atoms with van der Waals surface area (Å²) < 4.78 is 21.5. The van der Waals surface area contributed by atoms with Gasteiger partial charge in [-0.3, -0.25) is 9.59 Å². The minimum Gasteiger partial charge on any atom is -0.502 e. The highest BCUT2D eigenvalue weighted by Crippen LogP contribution is 2.40. The third kappa shape index (κ3) is 8.41. The van der Waals surface area contributed by atoms with Crippen LogP contribution >= 0.6 is 0 Å². The summed E-state index contributed by atoms with van der Waals surface area (Å²) in [7, 11) is 5.70. The Balaban J connectivity index is 1.76. The molecule has 0 aliphatic carbocycles. The average Bonchev–Trinajstić information content (AvgIpc) is 3.09. The summed E-state index contributed by atoms with van der Waals surface area (Å²) in [4.78, 5) is 28.2. The van der Waals surface area contributed by atoms with Crippen LogP contribution < -0.4 is 29.6 Å². The molecule has 0 aliphatic rings. The second-order valence-corrected chi connectivity index (χ2v) is 10.7. The second-order valence-electron chi connectivity index (χ2n) is 10.7. The number of methoxy groups -OCH3 is 4. The summed E-state index contributed by atoms with van der Waals surface area (Å²) in [6.45, 7) is 0.523. The molecule has 0 spiro atoms. The maximum Gasteiger partial charge on any atom is 0.224 e. The van der Waals surface area contributed by atoms with Crippen molar-refractivity contribution < 1.29 is 38.7 Å². The molecule has 4 rings (SSSR count). The summed E-state index contributed by atoms with van der Waals surface area (Å²) in [5, 5.41) is 27.1. The van der Waals surface area contributed by atoms with Gasteiger partial charge < -0.3 is 39.8 Å². The number of rotatable bonds is 15. The van der Waals surface area contributed by atoms with Gasteiger partial charge in [-0.1, -0.05) is 60.7 Å². The highest BCUT2D eigenvalue weighted by atomic mass is 16.5. The Hall–Kier alpha value is -5.38. The molecule has 2 amide bonds. The lowest BCUT2D eigenvalue weighted by molar-refractivity contribution is -0.135. The number of phenols is 2. The van der Waals surface area contributed by atoms with E-state index < -0.39 is 11.8 Å². The van der Waals surface area contributed by atoms with E-state index in [1.54, 1.807) is 24.3 Å². The van der Waals surface area contributed by atoms with Gasteiger partial charge >= 0.3 is 0 Å². The monoisotopic (exact) mass is 628 g/mol. The quantitative estimate of drug-likeness (QED) is 0.148. The van der Waals surface area contributed by atoms with Crippen molar-refractivity contribution >= 4 is 11.8 Å². The molecule has 0 saturated carbocycles. The Bertz CT molecular complexity index is 1440. The number of carbonyl (C=O) groups is 2. The van der Waals surface area contributed by atoms with E-state index in [4.69, 9.17) is 18.9 Å². The molecular formula is C36H40N2O8. The third-order valence-corrected chi connectivity index (χ3v) is 7.77. The lowest BCUT2D eigenvalue weighted by atomic mass is 9.81. The first-order chi connectivity index (χ1) is 22.3. The highest BCUT2D eigenvalue weighted by Gasteiger charge is 2.35. The van der Waals surface area contributed by atoms with E-state index in [2.05, 4.69) is 10.6 Å². The molecule has 2 atom stereocenters. The molecule has 0 radical (unpaired) electrons. The summed E-state index contributed by atoms with van der Waals surface area (Å²) in [6.07, 6.45) is 0.229. The van der Waals surface area contributed by atoms with E-state index in [0.29, 0.717) is 11.1 Å². The summed E-state index contributed by atoms with van der Waals surface area (Å²) in [5.41, 5.74) is 3.04. The number of benzene rings is 4. The molecule has 0 aliphatic heterocycles. The fourth-order valence-electron chi connectivity index (χ4n) is 5.31. The van der Waals surface area contributed by atoms with Crippen LogP contribution in [-0.2, 0) is 35.5 Å².